The van der Waals surface area contributed by atoms with Gasteiger partial charge in [0.25, 0.3) is 0 Å². The predicted octanol–water partition coefficient (Wildman–Crippen LogP) is 3.24. The summed E-state index contributed by atoms with van der Waals surface area (Å²) in [5.74, 6) is 1.52. The highest BCUT2D eigenvalue weighted by Crippen LogP contribution is 2.33. The van der Waals surface area contributed by atoms with E-state index in [2.05, 4.69) is 0 Å². The van der Waals surface area contributed by atoms with Crippen LogP contribution in [-0.2, 0) is 0 Å². The highest BCUT2D eigenvalue weighted by atomic mass is 35.5. The lowest BCUT2D eigenvalue weighted by Gasteiger charge is -2.15. The Hall–Kier alpha value is -1.23. The molecule has 0 radical (unpaired) electrons. The van der Waals surface area contributed by atoms with E-state index in [0.29, 0.717) is 0 Å². The van der Waals surface area contributed by atoms with Crippen LogP contribution in [0.4, 0.5) is 0 Å². The Morgan fingerprint density at radius 1 is 1.17 bits per heavy atom. The number of hydrogen-bond acceptors (Lipinski definition) is 4. The van der Waals surface area contributed by atoms with Gasteiger partial charge in [0.05, 0.1) is 20.3 Å². The first-order valence-electron chi connectivity index (χ1n) is 5.27. The molecule has 0 bridgehead atoms. The van der Waals surface area contributed by atoms with Gasteiger partial charge in [-0.25, -0.2) is 0 Å². The predicted molar refractivity (Wildman–Crippen MR) is 77.1 cm³/mol. The Bertz CT molecular complexity index is 488. The van der Waals surface area contributed by atoms with Crippen molar-refractivity contribution in [1.82, 2.24) is 0 Å². The molecule has 5 heteroatoms. The van der Waals surface area contributed by atoms with Crippen molar-refractivity contribution >= 4 is 23.7 Å². The summed E-state index contributed by atoms with van der Waals surface area (Å²) in [6.45, 7) is 0. The van der Waals surface area contributed by atoms with E-state index in [9.17, 15) is 0 Å². The van der Waals surface area contributed by atoms with Crippen LogP contribution in [0.25, 0.3) is 0 Å². The van der Waals surface area contributed by atoms with Gasteiger partial charge in [-0.2, -0.15) is 0 Å². The molecule has 0 aliphatic carbocycles. The number of rotatable bonds is 4. The van der Waals surface area contributed by atoms with Crippen LogP contribution in [0.1, 0.15) is 16.5 Å². The van der Waals surface area contributed by atoms with Crippen LogP contribution < -0.4 is 15.2 Å². The second-order valence-electron chi connectivity index (χ2n) is 3.60. The Morgan fingerprint density at radius 2 is 1.94 bits per heavy atom. The van der Waals surface area contributed by atoms with E-state index in [0.717, 1.165) is 21.9 Å². The Morgan fingerprint density at radius 3 is 2.50 bits per heavy atom. The Kier molecular flexibility index (Phi) is 5.47. The summed E-state index contributed by atoms with van der Waals surface area (Å²) >= 11 is 1.64. The third-order valence-corrected chi connectivity index (χ3v) is 3.58. The normalized spacial score (nSPS) is 11.5. The summed E-state index contributed by atoms with van der Waals surface area (Å²) in [6, 6.07) is 9.56. The minimum atomic E-state index is -0.157. The molecule has 1 aromatic carbocycles. The highest BCUT2D eigenvalue weighted by Gasteiger charge is 2.15. The molecular weight excluding hydrogens is 270 g/mol. The summed E-state index contributed by atoms with van der Waals surface area (Å²) in [5, 5.41) is 2.02. The van der Waals surface area contributed by atoms with E-state index in [1.54, 1.807) is 25.6 Å². The summed E-state index contributed by atoms with van der Waals surface area (Å²) in [5.41, 5.74) is 7.19. The van der Waals surface area contributed by atoms with E-state index in [1.165, 1.54) is 0 Å². The molecule has 0 amide bonds. The van der Waals surface area contributed by atoms with Crippen molar-refractivity contribution in [3.63, 3.8) is 0 Å². The minimum absolute atomic E-state index is 0. The smallest absolute Gasteiger partial charge is 0.127 e. The number of halogens is 1. The molecule has 3 nitrogen and oxygen atoms in total. The van der Waals surface area contributed by atoms with E-state index >= 15 is 0 Å². The average molecular weight is 286 g/mol. The van der Waals surface area contributed by atoms with Crippen LogP contribution in [0.3, 0.4) is 0 Å². The molecule has 2 aromatic rings. The number of ether oxygens (including phenoxy) is 2. The largest absolute Gasteiger partial charge is 0.497 e. The van der Waals surface area contributed by atoms with Gasteiger partial charge in [-0.3, -0.25) is 0 Å². The van der Waals surface area contributed by atoms with Gasteiger partial charge in [0.15, 0.2) is 0 Å². The summed E-state index contributed by atoms with van der Waals surface area (Å²) in [4.78, 5) is 1.12. The molecule has 1 aromatic heterocycles. The van der Waals surface area contributed by atoms with Crippen LogP contribution >= 0.6 is 23.7 Å². The van der Waals surface area contributed by atoms with Gasteiger partial charge in [0, 0.05) is 16.5 Å². The number of benzene rings is 1. The quantitative estimate of drug-likeness (QED) is 0.938. The molecule has 0 fully saturated rings. The van der Waals surface area contributed by atoms with Crippen molar-refractivity contribution in [2.45, 2.75) is 6.04 Å². The van der Waals surface area contributed by atoms with Crippen molar-refractivity contribution < 1.29 is 9.47 Å². The summed E-state index contributed by atoms with van der Waals surface area (Å²) in [7, 11) is 3.27. The fraction of sp³-hybridized carbons (Fsp3) is 0.231. The minimum Gasteiger partial charge on any atom is -0.497 e. The van der Waals surface area contributed by atoms with E-state index in [4.69, 9.17) is 15.2 Å². The van der Waals surface area contributed by atoms with E-state index in [1.807, 2.05) is 35.7 Å². The maximum atomic E-state index is 6.22. The van der Waals surface area contributed by atoms with Gasteiger partial charge in [-0.05, 0) is 23.6 Å². The molecule has 0 aliphatic rings. The van der Waals surface area contributed by atoms with Crippen molar-refractivity contribution in [2.24, 2.45) is 5.73 Å². The topological polar surface area (TPSA) is 44.5 Å². The molecule has 2 rings (SSSR count). The first kappa shape index (κ1) is 14.8. The molecule has 98 valence electrons. The monoisotopic (exact) mass is 285 g/mol. The molecule has 0 unspecified atom stereocenters. The van der Waals surface area contributed by atoms with Crippen LogP contribution in [-0.4, -0.2) is 14.2 Å². The third-order valence-electron chi connectivity index (χ3n) is 2.63. The van der Waals surface area contributed by atoms with Crippen molar-refractivity contribution in [3.05, 3.63) is 46.2 Å². The van der Waals surface area contributed by atoms with Gasteiger partial charge in [-0.1, -0.05) is 6.07 Å². The SMILES string of the molecule is COc1ccc([C@H](N)c2cccs2)c(OC)c1.Cl. The van der Waals surface area contributed by atoms with Gasteiger partial charge < -0.3 is 15.2 Å². The van der Waals surface area contributed by atoms with Crippen LogP contribution in [0, 0.1) is 0 Å². The lowest BCUT2D eigenvalue weighted by molar-refractivity contribution is 0.390. The molecule has 0 saturated heterocycles. The maximum Gasteiger partial charge on any atom is 0.127 e. The Labute approximate surface area is 117 Å². The number of thiophene rings is 1. The van der Waals surface area contributed by atoms with Crippen LogP contribution in [0.2, 0.25) is 0 Å². The summed E-state index contributed by atoms with van der Waals surface area (Å²) < 4.78 is 10.5. The number of methoxy groups -OCH3 is 2. The van der Waals surface area contributed by atoms with Gasteiger partial charge in [0.1, 0.15) is 11.5 Å². The van der Waals surface area contributed by atoms with Gasteiger partial charge >= 0.3 is 0 Å². The second-order valence-corrected chi connectivity index (χ2v) is 4.58. The zero-order valence-electron chi connectivity index (χ0n) is 10.3. The zero-order chi connectivity index (χ0) is 12.3. The standard InChI is InChI=1S/C13H15NO2S.ClH/c1-15-9-5-6-10(11(8-9)16-2)13(14)12-4-3-7-17-12;/h3-8,13H,14H2,1-2H3;1H/t13-;/m0./s1. The van der Waals surface area contributed by atoms with Crippen LogP contribution in [0.5, 0.6) is 11.5 Å². The highest BCUT2D eigenvalue weighted by molar-refractivity contribution is 7.10. The van der Waals surface area contributed by atoms with Crippen molar-refractivity contribution in [1.29, 1.82) is 0 Å². The van der Waals surface area contributed by atoms with E-state index < -0.39 is 0 Å². The Balaban J connectivity index is 0.00000162. The molecule has 0 aliphatic heterocycles. The van der Waals surface area contributed by atoms with Gasteiger partial charge in [-0.15, -0.1) is 23.7 Å². The maximum absolute atomic E-state index is 6.22. The zero-order valence-corrected chi connectivity index (χ0v) is 11.9. The first-order chi connectivity index (χ1) is 8.26. The fourth-order valence-electron chi connectivity index (χ4n) is 1.70. The van der Waals surface area contributed by atoms with Crippen molar-refractivity contribution in [2.75, 3.05) is 14.2 Å². The molecule has 2 N–H and O–H groups in total. The molecule has 18 heavy (non-hydrogen) atoms. The molecule has 0 saturated carbocycles. The first-order valence-corrected chi connectivity index (χ1v) is 6.15. The average Bonchev–Trinajstić information content (AvgIpc) is 2.91. The molecule has 1 heterocycles. The van der Waals surface area contributed by atoms with E-state index in [-0.39, 0.29) is 18.4 Å². The number of hydrogen-bond donors (Lipinski definition) is 1. The second kappa shape index (κ2) is 6.64. The number of nitrogens with two attached hydrogens (primary N) is 1. The lowest BCUT2D eigenvalue weighted by atomic mass is 10.0. The van der Waals surface area contributed by atoms with Gasteiger partial charge in [0.2, 0.25) is 0 Å². The summed E-state index contributed by atoms with van der Waals surface area (Å²) in [6.07, 6.45) is 0. The van der Waals surface area contributed by atoms with Crippen LogP contribution in [0.15, 0.2) is 35.7 Å². The third kappa shape index (κ3) is 2.96. The van der Waals surface area contributed by atoms with Crippen molar-refractivity contribution in [3.8, 4) is 11.5 Å². The molecular formula is C13H16ClNO2S. The molecule has 0 spiro atoms. The lowest BCUT2D eigenvalue weighted by Crippen LogP contribution is -2.11. The molecule has 1 atom stereocenters. The fourth-order valence-corrected chi connectivity index (χ4v) is 2.44.